The van der Waals surface area contributed by atoms with E-state index in [2.05, 4.69) is 61.0 Å². The highest BCUT2D eigenvalue weighted by Gasteiger charge is 2.30. The second kappa shape index (κ2) is 7.86. The van der Waals surface area contributed by atoms with Crippen LogP contribution in [0.3, 0.4) is 0 Å². The molecule has 0 unspecified atom stereocenters. The minimum atomic E-state index is 0.558. The number of anilines is 2. The summed E-state index contributed by atoms with van der Waals surface area (Å²) in [6, 6.07) is 10.5. The van der Waals surface area contributed by atoms with Crippen LogP contribution < -0.4 is 5.32 Å². The second-order valence-electron chi connectivity index (χ2n) is 6.78. The molecule has 0 aliphatic carbocycles. The fraction of sp³-hybridized carbons (Fsp3) is 0.421. The first-order valence-electron chi connectivity index (χ1n) is 8.84. The molecule has 0 saturated carbocycles. The Labute approximate surface area is 166 Å². The molecule has 134 valence electrons. The molecule has 2 aliphatic rings. The van der Waals surface area contributed by atoms with Crippen molar-refractivity contribution < 1.29 is 4.74 Å². The summed E-state index contributed by atoms with van der Waals surface area (Å²) in [6.07, 6.45) is 3.96. The van der Waals surface area contributed by atoms with E-state index in [1.165, 1.54) is 5.56 Å². The number of ether oxygens (including phenoxy) is 1. The van der Waals surface area contributed by atoms with Crippen LogP contribution in [-0.4, -0.2) is 47.2 Å². The first-order chi connectivity index (χ1) is 12.7. The standard InChI is InChI=1S/C19H20IN5O/c20-17-8-15(14-2-5-25(6-3-14)16-11-26-12-16)9-19(23-17)24-18-7-13(10-21)1-4-22-18/h1,4,7-9,14,16H,2-3,5-6,11-12H2,(H,22,23,24). The van der Waals surface area contributed by atoms with E-state index in [9.17, 15) is 0 Å². The number of nitrogens with one attached hydrogen (secondary N) is 1. The third-order valence-electron chi connectivity index (χ3n) is 5.10. The Hall–Kier alpha value is -1.76. The normalized spacial score (nSPS) is 18.9. The van der Waals surface area contributed by atoms with Crippen molar-refractivity contribution in [3.05, 3.63) is 45.3 Å². The van der Waals surface area contributed by atoms with Crippen molar-refractivity contribution in [1.82, 2.24) is 14.9 Å². The monoisotopic (exact) mass is 461 g/mol. The van der Waals surface area contributed by atoms with Crippen molar-refractivity contribution in [2.75, 3.05) is 31.6 Å². The summed E-state index contributed by atoms with van der Waals surface area (Å²) in [7, 11) is 0. The smallest absolute Gasteiger partial charge is 0.133 e. The average Bonchev–Trinajstić information content (AvgIpc) is 2.60. The predicted octanol–water partition coefficient (Wildman–Crippen LogP) is 3.27. The number of hydrogen-bond acceptors (Lipinski definition) is 6. The topological polar surface area (TPSA) is 74.1 Å². The molecule has 0 radical (unpaired) electrons. The quantitative estimate of drug-likeness (QED) is 0.557. The molecule has 0 aromatic carbocycles. The number of rotatable bonds is 4. The van der Waals surface area contributed by atoms with Crippen LogP contribution in [0.1, 0.15) is 29.9 Å². The Balaban J connectivity index is 1.47. The molecule has 1 N–H and O–H groups in total. The minimum absolute atomic E-state index is 0.558. The van der Waals surface area contributed by atoms with Gasteiger partial charge in [0.05, 0.1) is 30.9 Å². The van der Waals surface area contributed by atoms with Gasteiger partial charge in [-0.25, -0.2) is 9.97 Å². The third kappa shape index (κ3) is 3.98. The lowest BCUT2D eigenvalue weighted by atomic mass is 9.89. The van der Waals surface area contributed by atoms with Crippen LogP contribution in [0, 0.1) is 15.0 Å². The number of likely N-dealkylation sites (tertiary alicyclic amines) is 1. The maximum absolute atomic E-state index is 9.03. The second-order valence-corrected chi connectivity index (χ2v) is 7.88. The Morgan fingerprint density at radius 3 is 2.69 bits per heavy atom. The molecule has 0 atom stereocenters. The lowest BCUT2D eigenvalue weighted by Gasteiger charge is -2.41. The van der Waals surface area contributed by atoms with Crippen LogP contribution in [-0.2, 0) is 4.74 Å². The molecule has 26 heavy (non-hydrogen) atoms. The SMILES string of the molecule is N#Cc1ccnc(Nc2cc(C3CCN(C4COC4)CC3)cc(I)n2)c1. The highest BCUT2D eigenvalue weighted by atomic mass is 127. The largest absolute Gasteiger partial charge is 0.378 e. The van der Waals surface area contributed by atoms with Crippen LogP contribution in [0.15, 0.2) is 30.5 Å². The maximum Gasteiger partial charge on any atom is 0.133 e. The molecule has 4 rings (SSSR count). The summed E-state index contributed by atoms with van der Waals surface area (Å²) in [5, 5.41) is 12.3. The minimum Gasteiger partial charge on any atom is -0.378 e. The van der Waals surface area contributed by atoms with Crippen LogP contribution in [0.5, 0.6) is 0 Å². The van der Waals surface area contributed by atoms with Crippen LogP contribution in [0.25, 0.3) is 0 Å². The molecule has 0 bridgehead atoms. The molecule has 0 spiro atoms. The van der Waals surface area contributed by atoms with Gasteiger partial charge in [-0.2, -0.15) is 5.26 Å². The van der Waals surface area contributed by atoms with Gasteiger partial charge < -0.3 is 10.1 Å². The molecule has 6 nitrogen and oxygen atoms in total. The van der Waals surface area contributed by atoms with Crippen molar-refractivity contribution >= 4 is 34.2 Å². The molecule has 2 aromatic heterocycles. The molecule has 0 amide bonds. The van der Waals surface area contributed by atoms with Gasteiger partial charge in [0, 0.05) is 6.20 Å². The van der Waals surface area contributed by atoms with E-state index in [-0.39, 0.29) is 0 Å². The first-order valence-corrected chi connectivity index (χ1v) is 9.91. The molecular weight excluding hydrogens is 441 g/mol. The molecule has 2 aromatic rings. The highest BCUT2D eigenvalue weighted by Crippen LogP contribution is 2.32. The summed E-state index contributed by atoms with van der Waals surface area (Å²) in [6.45, 7) is 4.04. The Bertz CT molecular complexity index is 825. The zero-order valence-electron chi connectivity index (χ0n) is 14.4. The molecule has 2 saturated heterocycles. The number of nitriles is 1. The van der Waals surface area contributed by atoms with Gasteiger partial charge in [-0.15, -0.1) is 0 Å². The van der Waals surface area contributed by atoms with E-state index in [0.29, 0.717) is 23.3 Å². The van der Waals surface area contributed by atoms with E-state index in [1.807, 2.05) is 0 Å². The van der Waals surface area contributed by atoms with Crippen LogP contribution >= 0.6 is 22.6 Å². The highest BCUT2D eigenvalue weighted by molar-refractivity contribution is 14.1. The zero-order valence-corrected chi connectivity index (χ0v) is 16.5. The number of hydrogen-bond donors (Lipinski definition) is 1. The third-order valence-corrected chi connectivity index (χ3v) is 5.65. The number of halogens is 1. The van der Waals surface area contributed by atoms with E-state index in [0.717, 1.165) is 48.7 Å². The van der Waals surface area contributed by atoms with Crippen LogP contribution in [0.4, 0.5) is 11.6 Å². The van der Waals surface area contributed by atoms with Crippen molar-refractivity contribution in [2.24, 2.45) is 0 Å². The zero-order chi connectivity index (χ0) is 17.9. The van der Waals surface area contributed by atoms with Crippen molar-refractivity contribution in [1.29, 1.82) is 5.26 Å². The molecule has 2 fully saturated rings. The van der Waals surface area contributed by atoms with Crippen LogP contribution in [0.2, 0.25) is 0 Å². The molecule has 4 heterocycles. The van der Waals surface area contributed by atoms with Gasteiger partial charge in [0.2, 0.25) is 0 Å². The lowest BCUT2D eigenvalue weighted by molar-refractivity contribution is -0.0712. The van der Waals surface area contributed by atoms with Gasteiger partial charge in [-0.3, -0.25) is 4.90 Å². The Morgan fingerprint density at radius 1 is 1.19 bits per heavy atom. The van der Waals surface area contributed by atoms with Gasteiger partial charge in [0.1, 0.15) is 15.3 Å². The Morgan fingerprint density at radius 2 is 2.00 bits per heavy atom. The Kier molecular flexibility index (Phi) is 5.33. The van der Waals surface area contributed by atoms with Gasteiger partial charge in [-0.1, -0.05) is 0 Å². The van der Waals surface area contributed by atoms with E-state index >= 15 is 0 Å². The fourth-order valence-corrected chi connectivity index (χ4v) is 4.17. The van der Waals surface area contributed by atoms with Crippen molar-refractivity contribution in [3.8, 4) is 6.07 Å². The number of aromatic nitrogens is 2. The summed E-state index contributed by atoms with van der Waals surface area (Å²) in [4.78, 5) is 11.4. The summed E-state index contributed by atoms with van der Waals surface area (Å²) in [5.41, 5.74) is 1.91. The summed E-state index contributed by atoms with van der Waals surface area (Å²) in [5.74, 6) is 1.98. The van der Waals surface area contributed by atoms with Gasteiger partial charge >= 0.3 is 0 Å². The lowest BCUT2D eigenvalue weighted by Crippen LogP contribution is -2.51. The van der Waals surface area contributed by atoms with Gasteiger partial charge in [-0.05, 0) is 84.3 Å². The average molecular weight is 461 g/mol. The molecule has 7 heteroatoms. The summed E-state index contributed by atoms with van der Waals surface area (Å²) < 4.78 is 6.29. The van der Waals surface area contributed by atoms with Gasteiger partial charge in [0.25, 0.3) is 0 Å². The number of nitrogens with zero attached hydrogens (tertiary/aromatic N) is 4. The predicted molar refractivity (Wildman–Crippen MR) is 107 cm³/mol. The van der Waals surface area contributed by atoms with Crippen molar-refractivity contribution in [3.63, 3.8) is 0 Å². The van der Waals surface area contributed by atoms with Gasteiger partial charge in [0.15, 0.2) is 0 Å². The van der Waals surface area contributed by atoms with Crippen molar-refractivity contribution in [2.45, 2.75) is 24.8 Å². The van der Waals surface area contributed by atoms with E-state index < -0.39 is 0 Å². The first kappa shape index (κ1) is 17.6. The molecule has 2 aliphatic heterocycles. The maximum atomic E-state index is 9.03. The fourth-order valence-electron chi connectivity index (χ4n) is 3.55. The molecular formula is C19H20IN5O. The summed E-state index contributed by atoms with van der Waals surface area (Å²) >= 11 is 2.26. The van der Waals surface area contributed by atoms with E-state index in [4.69, 9.17) is 10.00 Å². The number of pyridine rings is 2. The van der Waals surface area contributed by atoms with E-state index in [1.54, 1.807) is 18.3 Å². The number of piperidine rings is 1.